The van der Waals surface area contributed by atoms with Gasteiger partial charge >= 0.3 is 5.97 Å². The minimum atomic E-state index is -0.691. The fourth-order valence-corrected chi connectivity index (χ4v) is 7.84. The number of carbonyl (C=O) groups is 3. The van der Waals surface area contributed by atoms with Crippen LogP contribution < -0.4 is 0 Å². The van der Waals surface area contributed by atoms with Crippen molar-refractivity contribution in [2.75, 3.05) is 26.3 Å². The van der Waals surface area contributed by atoms with Crippen LogP contribution in [0.5, 0.6) is 0 Å². The van der Waals surface area contributed by atoms with Crippen LogP contribution in [0.2, 0.25) is 0 Å². The number of likely N-dealkylation sites (tertiary alicyclic amines) is 1. The van der Waals surface area contributed by atoms with Crippen molar-refractivity contribution in [1.29, 1.82) is 0 Å². The molecule has 3 heterocycles. The van der Waals surface area contributed by atoms with E-state index < -0.39 is 28.6 Å². The van der Waals surface area contributed by atoms with Crippen LogP contribution in [0.3, 0.4) is 0 Å². The summed E-state index contributed by atoms with van der Waals surface area (Å²) in [5, 5.41) is 9.63. The smallest absolute Gasteiger partial charge is 0.311 e. The van der Waals surface area contributed by atoms with Gasteiger partial charge in [-0.25, -0.2) is 0 Å². The maximum atomic E-state index is 13.9. The maximum Gasteiger partial charge on any atom is 0.311 e. The Balaban J connectivity index is 1.98. The van der Waals surface area contributed by atoms with E-state index in [0.29, 0.717) is 13.0 Å². The van der Waals surface area contributed by atoms with Gasteiger partial charge in [-0.2, -0.15) is 0 Å². The summed E-state index contributed by atoms with van der Waals surface area (Å²) in [6.45, 7) is 11.8. The molecule has 0 radical (unpaired) electrons. The molecule has 31 heavy (non-hydrogen) atoms. The van der Waals surface area contributed by atoms with Gasteiger partial charge in [-0.15, -0.1) is 18.3 Å². The Kier molecular flexibility index (Phi) is 7.52. The number of rotatable bonds is 11. The van der Waals surface area contributed by atoms with Gasteiger partial charge in [0.25, 0.3) is 0 Å². The van der Waals surface area contributed by atoms with E-state index >= 15 is 0 Å². The number of thioether (sulfide) groups is 1. The summed E-state index contributed by atoms with van der Waals surface area (Å²) in [6.07, 6.45) is 6.48. The lowest BCUT2D eigenvalue weighted by Gasteiger charge is -2.39. The van der Waals surface area contributed by atoms with Crippen LogP contribution in [0.4, 0.5) is 0 Å². The molecule has 3 rings (SSSR count). The van der Waals surface area contributed by atoms with E-state index in [2.05, 4.69) is 20.1 Å². The van der Waals surface area contributed by atoms with E-state index in [1.165, 1.54) is 11.0 Å². The van der Waals surface area contributed by atoms with Crippen molar-refractivity contribution < 1.29 is 24.2 Å². The molecule has 0 aromatic rings. The highest BCUT2D eigenvalue weighted by Crippen LogP contribution is 2.66. The third-order valence-electron chi connectivity index (χ3n) is 6.84. The number of fused-ring (bicyclic) bond motifs is 1. The summed E-state index contributed by atoms with van der Waals surface area (Å²) < 4.78 is 4.67. The van der Waals surface area contributed by atoms with Gasteiger partial charge in [0.15, 0.2) is 0 Å². The summed E-state index contributed by atoms with van der Waals surface area (Å²) in [4.78, 5) is 43.6. The van der Waals surface area contributed by atoms with E-state index in [-0.39, 0.29) is 42.9 Å². The van der Waals surface area contributed by atoms with E-state index in [4.69, 9.17) is 4.74 Å². The summed E-state index contributed by atoms with van der Waals surface area (Å²) in [5.74, 6) is -1.88. The van der Waals surface area contributed by atoms with Crippen molar-refractivity contribution in [2.24, 2.45) is 11.8 Å². The zero-order chi connectivity index (χ0) is 22.8. The zero-order valence-electron chi connectivity index (χ0n) is 18.5. The number of esters is 1. The molecule has 6 atom stereocenters. The molecular formula is C23H34N2O5S. The molecule has 1 N–H and O–H groups in total. The van der Waals surface area contributed by atoms with Gasteiger partial charge in [0.2, 0.25) is 11.8 Å². The fourth-order valence-electron chi connectivity index (χ4n) is 5.64. The number of aliphatic hydroxyl groups is 1. The molecule has 2 amide bonds. The second-order valence-electron chi connectivity index (χ2n) is 8.65. The predicted molar refractivity (Wildman–Crippen MR) is 120 cm³/mol. The molecule has 3 fully saturated rings. The topological polar surface area (TPSA) is 87.1 Å². The highest BCUT2D eigenvalue weighted by Gasteiger charge is 2.74. The summed E-state index contributed by atoms with van der Waals surface area (Å²) >= 11 is 1.61. The van der Waals surface area contributed by atoms with Gasteiger partial charge in [0.05, 0.1) is 23.2 Å². The van der Waals surface area contributed by atoms with Crippen LogP contribution in [0.25, 0.3) is 0 Å². The molecule has 172 valence electrons. The van der Waals surface area contributed by atoms with Gasteiger partial charge in [0, 0.05) is 24.4 Å². The average molecular weight is 451 g/mol. The second kappa shape index (κ2) is 9.77. The van der Waals surface area contributed by atoms with Gasteiger partial charge in [-0.1, -0.05) is 32.1 Å². The molecule has 2 bridgehead atoms. The fraction of sp³-hybridized carbons (Fsp3) is 0.696. The molecule has 8 heteroatoms. The molecule has 0 aromatic heterocycles. The molecule has 0 aromatic carbocycles. The number of hydrogen-bond acceptors (Lipinski definition) is 6. The molecule has 3 unspecified atom stereocenters. The maximum absolute atomic E-state index is 13.9. The predicted octanol–water partition coefficient (Wildman–Crippen LogP) is 2.00. The van der Waals surface area contributed by atoms with Crippen LogP contribution in [0, 0.1) is 11.8 Å². The Hall–Kier alpha value is -1.80. The van der Waals surface area contributed by atoms with Gasteiger partial charge in [-0.3, -0.25) is 14.4 Å². The number of hydrogen-bond donors (Lipinski definition) is 1. The highest BCUT2D eigenvalue weighted by atomic mass is 32.2. The Morgan fingerprint density at radius 1 is 1.42 bits per heavy atom. The highest BCUT2D eigenvalue weighted by molar-refractivity contribution is 8.02. The Morgan fingerprint density at radius 2 is 2.16 bits per heavy atom. The van der Waals surface area contributed by atoms with Crippen molar-refractivity contribution in [1.82, 2.24) is 9.80 Å². The lowest BCUT2D eigenvalue weighted by Crippen LogP contribution is -2.56. The third kappa shape index (κ3) is 3.93. The minimum Gasteiger partial charge on any atom is -0.461 e. The van der Waals surface area contributed by atoms with Crippen LogP contribution >= 0.6 is 11.8 Å². The number of β-amino-alcohol motifs (C(OH)–C–C–N with tert-alkyl or cyclic N) is 1. The first kappa shape index (κ1) is 23.9. The molecule has 1 spiro atoms. The molecule has 3 aliphatic rings. The van der Waals surface area contributed by atoms with Gasteiger partial charge in [0.1, 0.15) is 12.6 Å². The quantitative estimate of drug-likeness (QED) is 0.383. The first-order chi connectivity index (χ1) is 14.9. The first-order valence-electron chi connectivity index (χ1n) is 11.2. The Morgan fingerprint density at radius 3 is 2.77 bits per heavy atom. The number of carbonyl (C=O) groups excluding carboxylic acids is 3. The number of amides is 2. The lowest BCUT2D eigenvalue weighted by molar-refractivity contribution is -0.153. The molecule has 0 aliphatic carbocycles. The van der Waals surface area contributed by atoms with E-state index in [9.17, 15) is 19.5 Å². The summed E-state index contributed by atoms with van der Waals surface area (Å²) in [5.41, 5.74) is 0. The number of nitrogens with zero attached hydrogens (tertiary/aromatic N) is 2. The van der Waals surface area contributed by atoms with Crippen molar-refractivity contribution in [2.45, 2.75) is 61.6 Å². The molecular weight excluding hydrogens is 416 g/mol. The summed E-state index contributed by atoms with van der Waals surface area (Å²) in [6, 6.07) is -0.683. The van der Waals surface area contributed by atoms with Crippen molar-refractivity contribution in [3.05, 3.63) is 25.3 Å². The normalized spacial score (nSPS) is 32.0. The molecule has 3 aliphatic heterocycles. The first-order valence-corrected chi connectivity index (χ1v) is 12.0. The molecule has 7 nitrogen and oxygen atoms in total. The monoisotopic (exact) mass is 450 g/mol. The van der Waals surface area contributed by atoms with Crippen LogP contribution in [-0.2, 0) is 19.1 Å². The largest absolute Gasteiger partial charge is 0.461 e. The zero-order valence-corrected chi connectivity index (χ0v) is 19.3. The van der Waals surface area contributed by atoms with E-state index in [0.717, 1.165) is 19.3 Å². The number of ether oxygens (including phenoxy) is 1. The SMILES string of the molecule is C=CCOC(=O)[C@@H]1[C@H]2C(=O)N(CCO)C(C(=O)N(CC=C)C(C)CCC)C23CC[C@H]1S3. The van der Waals surface area contributed by atoms with Crippen molar-refractivity contribution in [3.63, 3.8) is 0 Å². The van der Waals surface area contributed by atoms with E-state index in [1.807, 2.05) is 6.92 Å². The third-order valence-corrected chi connectivity index (χ3v) is 8.79. The summed E-state index contributed by atoms with van der Waals surface area (Å²) in [7, 11) is 0. The standard InChI is InChI=1S/C23H34N2O5S/c1-5-8-15(4)24(11-6-2)21(28)19-23-10-9-16(31-23)17(22(29)30-14-7-3)18(23)20(27)25(19)12-13-26/h6-7,15-19,26H,2-3,5,8-14H2,1,4H3/t15?,16-,17+,18+,19?,23?/m1/s1. The lowest BCUT2D eigenvalue weighted by atomic mass is 9.71. The molecule has 3 saturated heterocycles. The Bertz CT molecular complexity index is 743. The van der Waals surface area contributed by atoms with Gasteiger partial charge in [-0.05, 0) is 26.2 Å². The van der Waals surface area contributed by atoms with Crippen LogP contribution in [0.15, 0.2) is 25.3 Å². The van der Waals surface area contributed by atoms with Crippen molar-refractivity contribution in [3.8, 4) is 0 Å². The van der Waals surface area contributed by atoms with Gasteiger partial charge < -0.3 is 19.6 Å². The van der Waals surface area contributed by atoms with Crippen LogP contribution in [0.1, 0.15) is 39.5 Å². The average Bonchev–Trinajstić information content (AvgIpc) is 3.38. The van der Waals surface area contributed by atoms with E-state index in [1.54, 1.807) is 22.7 Å². The van der Waals surface area contributed by atoms with Crippen molar-refractivity contribution >= 4 is 29.5 Å². The number of aliphatic hydroxyl groups excluding tert-OH is 1. The second-order valence-corrected chi connectivity index (χ2v) is 10.2. The molecule has 0 saturated carbocycles. The Labute approximate surface area is 188 Å². The minimum absolute atomic E-state index is 0.00832. The van der Waals surface area contributed by atoms with Crippen LogP contribution in [-0.4, -0.2) is 81.1 Å².